The fraction of sp³-hybridized carbons (Fsp3) is 0.455. The Morgan fingerprint density at radius 1 is 1.33 bits per heavy atom. The number of hydrogen-bond acceptors (Lipinski definition) is 2. The Labute approximate surface area is 98.6 Å². The molecule has 2 nitrogen and oxygen atoms in total. The summed E-state index contributed by atoms with van der Waals surface area (Å²) in [6.07, 6.45) is 0. The van der Waals surface area contributed by atoms with Crippen LogP contribution in [0, 0.1) is 5.82 Å². The van der Waals surface area contributed by atoms with E-state index in [2.05, 4.69) is 26.1 Å². The third-order valence-electron chi connectivity index (χ3n) is 1.99. The molecule has 0 aliphatic rings. The van der Waals surface area contributed by atoms with E-state index in [0.29, 0.717) is 6.54 Å². The largest absolute Gasteiger partial charge is 0.311 e. The first-order valence-corrected chi connectivity index (χ1v) is 5.67. The zero-order valence-electron chi connectivity index (χ0n) is 9.06. The summed E-state index contributed by atoms with van der Waals surface area (Å²) in [5.74, 6) is -0.200. The van der Waals surface area contributed by atoms with Gasteiger partial charge in [-0.15, -0.1) is 0 Å². The number of benzene rings is 1. The minimum absolute atomic E-state index is 0.200. The van der Waals surface area contributed by atoms with Crippen molar-refractivity contribution in [2.24, 2.45) is 0 Å². The summed E-state index contributed by atoms with van der Waals surface area (Å²) in [6.45, 7) is 2.59. The Morgan fingerprint density at radius 3 is 2.67 bits per heavy atom. The SMILES string of the molecule is CN(C)CCNCc1cc(F)cc(Br)c1. The van der Waals surface area contributed by atoms with Crippen LogP contribution in [0.3, 0.4) is 0 Å². The van der Waals surface area contributed by atoms with E-state index < -0.39 is 0 Å². The molecular formula is C11H16BrFN2. The topological polar surface area (TPSA) is 15.3 Å². The Kier molecular flexibility index (Phi) is 5.22. The lowest BCUT2D eigenvalue weighted by molar-refractivity contribution is 0.400. The maximum atomic E-state index is 13.0. The molecule has 0 atom stereocenters. The van der Waals surface area contributed by atoms with E-state index in [1.807, 2.05) is 20.2 Å². The summed E-state index contributed by atoms with van der Waals surface area (Å²) in [6, 6.07) is 4.93. The molecule has 0 aliphatic heterocycles. The molecule has 0 spiro atoms. The molecule has 15 heavy (non-hydrogen) atoms. The third-order valence-corrected chi connectivity index (χ3v) is 2.45. The van der Waals surface area contributed by atoms with E-state index in [1.165, 1.54) is 6.07 Å². The van der Waals surface area contributed by atoms with E-state index >= 15 is 0 Å². The summed E-state index contributed by atoms with van der Waals surface area (Å²) >= 11 is 3.27. The Balaban J connectivity index is 2.37. The van der Waals surface area contributed by atoms with Crippen LogP contribution in [0.1, 0.15) is 5.56 Å². The minimum atomic E-state index is -0.200. The molecule has 1 rings (SSSR count). The van der Waals surface area contributed by atoms with Crippen molar-refractivity contribution in [1.82, 2.24) is 10.2 Å². The molecule has 0 bridgehead atoms. The lowest BCUT2D eigenvalue weighted by Gasteiger charge is -2.10. The normalized spacial score (nSPS) is 11.0. The van der Waals surface area contributed by atoms with Crippen LogP contribution in [0.5, 0.6) is 0 Å². The highest BCUT2D eigenvalue weighted by atomic mass is 79.9. The van der Waals surface area contributed by atoms with Crippen molar-refractivity contribution in [2.75, 3.05) is 27.2 Å². The van der Waals surface area contributed by atoms with Gasteiger partial charge in [-0.2, -0.15) is 0 Å². The molecular weight excluding hydrogens is 259 g/mol. The third kappa shape index (κ3) is 5.25. The van der Waals surface area contributed by atoms with Gasteiger partial charge in [0.2, 0.25) is 0 Å². The smallest absolute Gasteiger partial charge is 0.124 e. The summed E-state index contributed by atoms with van der Waals surface area (Å²) in [4.78, 5) is 2.11. The van der Waals surface area contributed by atoms with Crippen LogP contribution in [0.2, 0.25) is 0 Å². The van der Waals surface area contributed by atoms with Crippen LogP contribution in [-0.2, 0) is 6.54 Å². The van der Waals surface area contributed by atoms with Gasteiger partial charge in [0.15, 0.2) is 0 Å². The van der Waals surface area contributed by atoms with E-state index in [9.17, 15) is 4.39 Å². The van der Waals surface area contributed by atoms with Crippen molar-refractivity contribution in [1.29, 1.82) is 0 Å². The first-order valence-electron chi connectivity index (χ1n) is 4.88. The zero-order chi connectivity index (χ0) is 11.3. The highest BCUT2D eigenvalue weighted by Gasteiger charge is 1.98. The lowest BCUT2D eigenvalue weighted by Crippen LogP contribution is -2.26. The van der Waals surface area contributed by atoms with Gasteiger partial charge in [0.05, 0.1) is 0 Å². The van der Waals surface area contributed by atoms with Crippen LogP contribution in [0.25, 0.3) is 0 Å². The van der Waals surface area contributed by atoms with Crippen molar-refractivity contribution in [3.8, 4) is 0 Å². The predicted octanol–water partition coefficient (Wildman–Crippen LogP) is 2.24. The number of rotatable bonds is 5. The van der Waals surface area contributed by atoms with E-state index in [4.69, 9.17) is 0 Å². The lowest BCUT2D eigenvalue weighted by atomic mass is 10.2. The molecule has 4 heteroatoms. The van der Waals surface area contributed by atoms with E-state index in [0.717, 1.165) is 23.1 Å². The van der Waals surface area contributed by atoms with Crippen molar-refractivity contribution < 1.29 is 4.39 Å². The molecule has 0 aliphatic carbocycles. The molecule has 0 amide bonds. The van der Waals surface area contributed by atoms with Gasteiger partial charge < -0.3 is 10.2 Å². The van der Waals surface area contributed by atoms with Crippen LogP contribution in [-0.4, -0.2) is 32.1 Å². The fourth-order valence-electron chi connectivity index (χ4n) is 1.25. The Hall–Kier alpha value is -0.450. The molecule has 1 aromatic rings. The first kappa shape index (κ1) is 12.6. The number of nitrogens with zero attached hydrogens (tertiary/aromatic N) is 1. The second-order valence-corrected chi connectivity index (χ2v) is 4.67. The first-order chi connectivity index (χ1) is 7.08. The molecule has 0 radical (unpaired) electrons. The highest BCUT2D eigenvalue weighted by molar-refractivity contribution is 9.10. The molecule has 0 saturated carbocycles. The number of nitrogens with one attached hydrogen (secondary N) is 1. The summed E-state index contributed by atoms with van der Waals surface area (Å²) < 4.78 is 13.8. The van der Waals surface area contributed by atoms with Gasteiger partial charge in [-0.1, -0.05) is 15.9 Å². The molecule has 0 heterocycles. The summed E-state index contributed by atoms with van der Waals surface area (Å²) in [5, 5.41) is 3.26. The van der Waals surface area contributed by atoms with Gasteiger partial charge in [-0.05, 0) is 37.9 Å². The van der Waals surface area contributed by atoms with Crippen molar-refractivity contribution in [3.05, 3.63) is 34.1 Å². The molecule has 0 aromatic heterocycles. The van der Waals surface area contributed by atoms with Crippen LogP contribution < -0.4 is 5.32 Å². The van der Waals surface area contributed by atoms with Crippen LogP contribution >= 0.6 is 15.9 Å². The number of halogens is 2. The molecule has 0 fully saturated rings. The maximum Gasteiger partial charge on any atom is 0.124 e. The molecule has 1 aromatic carbocycles. The fourth-order valence-corrected chi connectivity index (χ4v) is 1.76. The van der Waals surface area contributed by atoms with Crippen molar-refractivity contribution in [2.45, 2.75) is 6.54 Å². The highest BCUT2D eigenvalue weighted by Crippen LogP contribution is 2.14. The second-order valence-electron chi connectivity index (χ2n) is 3.76. The van der Waals surface area contributed by atoms with Crippen molar-refractivity contribution >= 4 is 15.9 Å². The van der Waals surface area contributed by atoms with Gasteiger partial charge in [0, 0.05) is 24.1 Å². The maximum absolute atomic E-state index is 13.0. The van der Waals surface area contributed by atoms with Crippen molar-refractivity contribution in [3.63, 3.8) is 0 Å². The molecule has 1 N–H and O–H groups in total. The molecule has 84 valence electrons. The van der Waals surface area contributed by atoms with Crippen LogP contribution in [0.4, 0.5) is 4.39 Å². The van der Waals surface area contributed by atoms with Gasteiger partial charge in [0.1, 0.15) is 5.82 Å². The predicted molar refractivity (Wildman–Crippen MR) is 64.4 cm³/mol. The average molecular weight is 275 g/mol. The second kappa shape index (κ2) is 6.20. The van der Waals surface area contributed by atoms with Crippen LogP contribution in [0.15, 0.2) is 22.7 Å². The average Bonchev–Trinajstić information content (AvgIpc) is 2.10. The van der Waals surface area contributed by atoms with E-state index in [-0.39, 0.29) is 5.82 Å². The number of likely N-dealkylation sites (N-methyl/N-ethyl adjacent to an activating group) is 1. The van der Waals surface area contributed by atoms with Gasteiger partial charge in [-0.3, -0.25) is 0 Å². The van der Waals surface area contributed by atoms with Gasteiger partial charge >= 0.3 is 0 Å². The summed E-state index contributed by atoms with van der Waals surface area (Å²) in [5.41, 5.74) is 0.959. The number of hydrogen-bond donors (Lipinski definition) is 1. The molecule has 0 saturated heterocycles. The van der Waals surface area contributed by atoms with E-state index in [1.54, 1.807) is 6.07 Å². The molecule has 0 unspecified atom stereocenters. The monoisotopic (exact) mass is 274 g/mol. The Bertz CT molecular complexity index is 295. The quantitative estimate of drug-likeness (QED) is 0.829. The standard InChI is InChI=1S/C11H16BrFN2/c1-15(2)4-3-14-8-9-5-10(12)7-11(13)6-9/h5-7,14H,3-4,8H2,1-2H3. The van der Waals surface area contributed by atoms with Gasteiger partial charge in [0.25, 0.3) is 0 Å². The summed E-state index contributed by atoms with van der Waals surface area (Å²) in [7, 11) is 4.06. The minimum Gasteiger partial charge on any atom is -0.311 e. The van der Waals surface area contributed by atoms with Gasteiger partial charge in [-0.25, -0.2) is 4.39 Å². The zero-order valence-corrected chi connectivity index (χ0v) is 10.6. The Morgan fingerprint density at radius 2 is 2.07 bits per heavy atom.